The number of hydrogen-bond donors (Lipinski definition) is 1. The largest absolute Gasteiger partial charge is 0.416 e. The maximum atomic E-state index is 12.5. The number of rotatable bonds is 1. The second-order valence-corrected chi connectivity index (χ2v) is 4.23. The molecule has 1 saturated carbocycles. The van der Waals surface area contributed by atoms with Gasteiger partial charge >= 0.3 is 6.18 Å². The van der Waals surface area contributed by atoms with Crippen LogP contribution in [0.15, 0.2) is 24.3 Å². The van der Waals surface area contributed by atoms with Crippen LogP contribution in [0.4, 0.5) is 13.2 Å². The van der Waals surface area contributed by atoms with Crippen LogP contribution in [0.5, 0.6) is 0 Å². The Morgan fingerprint density at radius 1 is 1.19 bits per heavy atom. The van der Waals surface area contributed by atoms with Crippen molar-refractivity contribution in [3.8, 4) is 0 Å². The predicted octanol–water partition coefficient (Wildman–Crippen LogP) is 3.33. The Labute approximate surface area is 91.9 Å². The van der Waals surface area contributed by atoms with Crippen molar-refractivity contribution in [3.63, 3.8) is 0 Å². The van der Waals surface area contributed by atoms with Gasteiger partial charge in [-0.25, -0.2) is 0 Å². The molecule has 0 aliphatic heterocycles. The van der Waals surface area contributed by atoms with Crippen molar-refractivity contribution in [1.29, 1.82) is 0 Å². The maximum absolute atomic E-state index is 12.5. The zero-order valence-electron chi connectivity index (χ0n) is 8.67. The summed E-state index contributed by atoms with van der Waals surface area (Å²) in [4.78, 5) is 0. The van der Waals surface area contributed by atoms with Crippen molar-refractivity contribution in [2.24, 2.45) is 0 Å². The van der Waals surface area contributed by atoms with Crippen molar-refractivity contribution >= 4 is 0 Å². The van der Waals surface area contributed by atoms with E-state index in [-0.39, 0.29) is 5.92 Å². The Hall–Kier alpha value is -1.03. The van der Waals surface area contributed by atoms with E-state index in [1.165, 1.54) is 6.07 Å². The van der Waals surface area contributed by atoms with Crippen molar-refractivity contribution in [2.45, 2.75) is 37.5 Å². The summed E-state index contributed by atoms with van der Waals surface area (Å²) in [6.07, 6.45) is -2.48. The molecular weight excluding hydrogens is 217 g/mol. The Morgan fingerprint density at radius 2 is 1.94 bits per heavy atom. The molecule has 2 atom stereocenters. The molecule has 1 fully saturated rings. The highest BCUT2D eigenvalue weighted by Crippen LogP contribution is 2.37. The summed E-state index contributed by atoms with van der Waals surface area (Å²) in [5, 5.41) is 9.65. The lowest BCUT2D eigenvalue weighted by Crippen LogP contribution is -2.12. The van der Waals surface area contributed by atoms with Gasteiger partial charge in [0, 0.05) is 5.92 Å². The van der Waals surface area contributed by atoms with Crippen LogP contribution in [0.1, 0.15) is 36.3 Å². The monoisotopic (exact) mass is 230 g/mol. The van der Waals surface area contributed by atoms with Gasteiger partial charge in [0.05, 0.1) is 11.7 Å². The first-order chi connectivity index (χ1) is 7.48. The van der Waals surface area contributed by atoms with E-state index in [1.54, 1.807) is 6.07 Å². The summed E-state index contributed by atoms with van der Waals surface area (Å²) >= 11 is 0. The van der Waals surface area contributed by atoms with Crippen molar-refractivity contribution in [1.82, 2.24) is 0 Å². The number of benzene rings is 1. The first-order valence-corrected chi connectivity index (χ1v) is 5.34. The molecule has 1 nitrogen and oxygen atoms in total. The lowest BCUT2D eigenvalue weighted by Gasteiger charge is -2.16. The van der Waals surface area contributed by atoms with E-state index in [0.29, 0.717) is 12.0 Å². The van der Waals surface area contributed by atoms with E-state index < -0.39 is 17.8 Å². The average molecular weight is 230 g/mol. The third kappa shape index (κ3) is 2.21. The van der Waals surface area contributed by atoms with E-state index in [1.807, 2.05) is 0 Å². The molecule has 0 bridgehead atoms. The molecule has 0 radical (unpaired) electrons. The second-order valence-electron chi connectivity index (χ2n) is 4.23. The number of alkyl halides is 3. The smallest absolute Gasteiger partial charge is 0.392 e. The molecule has 1 aliphatic carbocycles. The summed E-state index contributed by atoms with van der Waals surface area (Å²) in [5.74, 6) is -0.137. The minimum atomic E-state index is -4.31. The van der Waals surface area contributed by atoms with Gasteiger partial charge in [-0.1, -0.05) is 24.6 Å². The van der Waals surface area contributed by atoms with Crippen molar-refractivity contribution < 1.29 is 18.3 Å². The molecule has 16 heavy (non-hydrogen) atoms. The van der Waals surface area contributed by atoms with Crippen LogP contribution in [-0.2, 0) is 6.18 Å². The zero-order chi connectivity index (χ0) is 11.8. The van der Waals surface area contributed by atoms with Crippen LogP contribution in [0.25, 0.3) is 0 Å². The number of aliphatic hydroxyl groups excluding tert-OH is 1. The number of halogens is 3. The number of hydrogen-bond acceptors (Lipinski definition) is 1. The molecule has 0 heterocycles. The van der Waals surface area contributed by atoms with E-state index in [2.05, 4.69) is 0 Å². The lowest BCUT2D eigenvalue weighted by molar-refractivity contribution is -0.137. The third-order valence-electron chi connectivity index (χ3n) is 3.12. The maximum Gasteiger partial charge on any atom is 0.416 e. The van der Waals surface area contributed by atoms with Gasteiger partial charge in [0.25, 0.3) is 0 Å². The van der Waals surface area contributed by atoms with Crippen LogP contribution in [0.3, 0.4) is 0 Å². The van der Waals surface area contributed by atoms with Gasteiger partial charge in [-0.05, 0) is 24.5 Å². The lowest BCUT2D eigenvalue weighted by atomic mass is 9.94. The van der Waals surface area contributed by atoms with E-state index in [9.17, 15) is 18.3 Å². The molecule has 4 heteroatoms. The van der Waals surface area contributed by atoms with Crippen molar-refractivity contribution in [2.75, 3.05) is 0 Å². The molecule has 2 rings (SSSR count). The highest BCUT2D eigenvalue weighted by molar-refractivity contribution is 5.29. The van der Waals surface area contributed by atoms with Gasteiger partial charge in [-0.15, -0.1) is 0 Å². The van der Waals surface area contributed by atoms with Gasteiger partial charge in [0.2, 0.25) is 0 Å². The molecule has 0 amide bonds. The van der Waals surface area contributed by atoms with Gasteiger partial charge in [0.1, 0.15) is 0 Å². The average Bonchev–Trinajstić information content (AvgIpc) is 2.63. The van der Waals surface area contributed by atoms with Gasteiger partial charge in [0.15, 0.2) is 0 Å². The van der Waals surface area contributed by atoms with Crippen LogP contribution < -0.4 is 0 Å². The predicted molar refractivity (Wildman–Crippen MR) is 54.0 cm³/mol. The fourth-order valence-electron chi connectivity index (χ4n) is 2.27. The summed E-state index contributed by atoms with van der Waals surface area (Å²) in [6.45, 7) is 0. The van der Waals surface area contributed by atoms with Gasteiger partial charge in [-0.3, -0.25) is 0 Å². The summed E-state index contributed by atoms with van der Waals surface area (Å²) in [7, 11) is 0. The SMILES string of the molecule is OC1CCCC1c1cccc(C(F)(F)F)c1. The Morgan fingerprint density at radius 3 is 2.50 bits per heavy atom. The van der Waals surface area contributed by atoms with Gasteiger partial charge < -0.3 is 5.11 Å². The Balaban J connectivity index is 2.29. The number of aliphatic hydroxyl groups is 1. The molecular formula is C12H13F3O. The second kappa shape index (κ2) is 4.09. The highest BCUT2D eigenvalue weighted by Gasteiger charge is 2.32. The minimum absolute atomic E-state index is 0.137. The quantitative estimate of drug-likeness (QED) is 0.784. The van der Waals surface area contributed by atoms with E-state index in [4.69, 9.17) is 0 Å². The summed E-state index contributed by atoms with van der Waals surface area (Å²) in [5.41, 5.74) is -0.0380. The minimum Gasteiger partial charge on any atom is -0.392 e. The van der Waals surface area contributed by atoms with E-state index >= 15 is 0 Å². The van der Waals surface area contributed by atoms with Gasteiger partial charge in [-0.2, -0.15) is 13.2 Å². The van der Waals surface area contributed by atoms with E-state index in [0.717, 1.165) is 25.0 Å². The molecule has 2 unspecified atom stereocenters. The van der Waals surface area contributed by atoms with Crippen LogP contribution in [0.2, 0.25) is 0 Å². The van der Waals surface area contributed by atoms with Crippen LogP contribution >= 0.6 is 0 Å². The molecule has 1 aliphatic rings. The molecule has 0 saturated heterocycles. The summed E-state index contributed by atoms with van der Waals surface area (Å²) < 4.78 is 37.5. The standard InChI is InChI=1S/C12H13F3O/c13-12(14,15)9-4-1-3-8(7-9)10-5-2-6-11(10)16/h1,3-4,7,10-11,16H,2,5-6H2. The fraction of sp³-hybridized carbons (Fsp3) is 0.500. The molecule has 0 spiro atoms. The third-order valence-corrected chi connectivity index (χ3v) is 3.12. The molecule has 1 N–H and O–H groups in total. The highest BCUT2D eigenvalue weighted by atomic mass is 19.4. The topological polar surface area (TPSA) is 20.2 Å². The normalized spacial score (nSPS) is 26.0. The Kier molecular flexibility index (Phi) is 2.93. The first kappa shape index (κ1) is 11.5. The molecule has 0 aromatic heterocycles. The molecule has 88 valence electrons. The molecule has 1 aromatic rings. The van der Waals surface area contributed by atoms with Crippen LogP contribution in [0, 0.1) is 0 Å². The Bertz CT molecular complexity index is 373. The van der Waals surface area contributed by atoms with Crippen molar-refractivity contribution in [3.05, 3.63) is 35.4 Å². The fourth-order valence-corrected chi connectivity index (χ4v) is 2.27. The summed E-state index contributed by atoms with van der Waals surface area (Å²) in [6, 6.07) is 5.28. The molecule has 1 aromatic carbocycles. The zero-order valence-corrected chi connectivity index (χ0v) is 8.67. The first-order valence-electron chi connectivity index (χ1n) is 5.34. The van der Waals surface area contributed by atoms with Crippen LogP contribution in [-0.4, -0.2) is 11.2 Å².